The van der Waals surface area contributed by atoms with E-state index in [0.717, 1.165) is 18.6 Å². The molecule has 29 heavy (non-hydrogen) atoms. The van der Waals surface area contributed by atoms with E-state index >= 15 is 0 Å². The van der Waals surface area contributed by atoms with Gasteiger partial charge in [-0.15, -0.1) is 0 Å². The smallest absolute Gasteiger partial charge is 0.368 e. The van der Waals surface area contributed by atoms with Crippen molar-refractivity contribution in [1.82, 2.24) is 20.2 Å². The first-order valence-electron chi connectivity index (χ1n) is 9.00. The Morgan fingerprint density at radius 2 is 1.97 bits per heavy atom. The number of nitrogens with zero attached hydrogens (tertiary/aromatic N) is 3. The number of benzene rings is 1. The van der Waals surface area contributed by atoms with E-state index in [2.05, 4.69) is 15.3 Å². The third-order valence-corrected chi connectivity index (χ3v) is 4.74. The fourth-order valence-corrected chi connectivity index (χ4v) is 3.38. The van der Waals surface area contributed by atoms with Gasteiger partial charge < -0.3 is 16.0 Å². The number of anilines is 1. The third kappa shape index (κ3) is 4.64. The van der Waals surface area contributed by atoms with E-state index in [9.17, 15) is 22.8 Å². The van der Waals surface area contributed by atoms with E-state index in [1.54, 1.807) is 4.90 Å². The number of aromatic nitrogens is 2. The highest BCUT2D eigenvalue weighted by atomic mass is 19.4. The Morgan fingerprint density at radius 3 is 2.59 bits per heavy atom. The van der Waals surface area contributed by atoms with Crippen molar-refractivity contribution in [2.75, 3.05) is 18.8 Å². The van der Waals surface area contributed by atoms with Gasteiger partial charge in [-0.25, -0.2) is 9.97 Å². The van der Waals surface area contributed by atoms with Crippen molar-refractivity contribution in [3.63, 3.8) is 0 Å². The highest BCUT2D eigenvalue weighted by molar-refractivity contribution is 5.84. The van der Waals surface area contributed by atoms with Crippen LogP contribution < -0.4 is 11.1 Å². The number of rotatable bonds is 4. The zero-order chi connectivity index (χ0) is 21.2. The third-order valence-electron chi connectivity index (χ3n) is 4.74. The summed E-state index contributed by atoms with van der Waals surface area (Å²) >= 11 is 0. The van der Waals surface area contributed by atoms with Gasteiger partial charge in [-0.05, 0) is 30.5 Å². The topological polar surface area (TPSA) is 101 Å². The molecular weight excluding hydrogens is 387 g/mol. The second-order valence-corrected chi connectivity index (χ2v) is 6.76. The second kappa shape index (κ2) is 8.06. The Hall–Kier alpha value is -3.17. The van der Waals surface area contributed by atoms with Gasteiger partial charge >= 0.3 is 6.18 Å². The van der Waals surface area contributed by atoms with Crippen LogP contribution in [0.1, 0.15) is 37.1 Å². The molecule has 1 atom stereocenters. The minimum absolute atomic E-state index is 0.0109. The summed E-state index contributed by atoms with van der Waals surface area (Å²) in [6, 6.07) is 4.27. The maximum Gasteiger partial charge on any atom is 0.416 e. The minimum atomic E-state index is -4.43. The van der Waals surface area contributed by atoms with Crippen molar-refractivity contribution in [3.05, 3.63) is 41.7 Å². The monoisotopic (exact) mass is 407 g/mol. The van der Waals surface area contributed by atoms with Crippen LogP contribution >= 0.6 is 0 Å². The number of hydrogen-bond acceptors (Lipinski definition) is 5. The van der Waals surface area contributed by atoms with Gasteiger partial charge in [0.05, 0.1) is 23.8 Å². The summed E-state index contributed by atoms with van der Waals surface area (Å²) in [5.41, 5.74) is 6.47. The van der Waals surface area contributed by atoms with Gasteiger partial charge in [-0.3, -0.25) is 9.59 Å². The van der Waals surface area contributed by atoms with Crippen molar-refractivity contribution >= 4 is 17.8 Å². The summed E-state index contributed by atoms with van der Waals surface area (Å²) in [4.78, 5) is 33.5. The number of nitrogens with one attached hydrogen (secondary N) is 1. The van der Waals surface area contributed by atoms with E-state index in [4.69, 9.17) is 5.73 Å². The molecule has 1 aliphatic heterocycles. The first kappa shape index (κ1) is 20.6. The number of amides is 2. The first-order chi connectivity index (χ1) is 13.7. The quantitative estimate of drug-likeness (QED) is 0.811. The molecule has 1 saturated heterocycles. The van der Waals surface area contributed by atoms with E-state index < -0.39 is 17.8 Å². The fraction of sp³-hybridized carbons (Fsp3) is 0.368. The lowest BCUT2D eigenvalue weighted by Crippen LogP contribution is -2.39. The normalized spacial score (nSPS) is 16.7. The van der Waals surface area contributed by atoms with Crippen LogP contribution in [0.4, 0.5) is 19.1 Å². The van der Waals surface area contributed by atoms with Crippen molar-refractivity contribution in [3.8, 4) is 11.1 Å². The molecular formula is C19H20F3N5O2. The van der Waals surface area contributed by atoms with Gasteiger partial charge in [0.25, 0.3) is 0 Å². The standard InChI is InChI=1S/C19H20F3N5O2/c1-11(28)24-10-16(29)27-8-2-3-15(27)17-14(9-25-18(23)26-17)12-4-6-13(7-5-12)19(20,21)22/h4-7,9,15H,2-3,8,10H2,1H3,(H,24,28)(H2,23,25,26)/t15-/m1/s1. The van der Waals surface area contributed by atoms with Gasteiger partial charge in [0.2, 0.25) is 17.8 Å². The number of hydrogen-bond donors (Lipinski definition) is 2. The average molecular weight is 407 g/mol. The van der Waals surface area contributed by atoms with Gasteiger partial charge in [0, 0.05) is 25.2 Å². The lowest BCUT2D eigenvalue weighted by Gasteiger charge is -2.26. The SMILES string of the molecule is CC(=O)NCC(=O)N1CCC[C@@H]1c1nc(N)ncc1-c1ccc(C(F)(F)F)cc1. The molecule has 10 heteroatoms. The van der Waals surface area contributed by atoms with Crippen LogP contribution in [0.15, 0.2) is 30.5 Å². The van der Waals surface area contributed by atoms with E-state index in [1.165, 1.54) is 25.3 Å². The zero-order valence-corrected chi connectivity index (χ0v) is 15.7. The van der Waals surface area contributed by atoms with Crippen LogP contribution in [0.2, 0.25) is 0 Å². The molecule has 0 saturated carbocycles. The Bertz CT molecular complexity index is 915. The van der Waals surface area contributed by atoms with E-state index in [-0.39, 0.29) is 24.3 Å². The number of alkyl halides is 3. The van der Waals surface area contributed by atoms with Gasteiger partial charge in [-0.1, -0.05) is 12.1 Å². The highest BCUT2D eigenvalue weighted by Crippen LogP contribution is 2.37. The van der Waals surface area contributed by atoms with Crippen molar-refractivity contribution in [2.45, 2.75) is 32.0 Å². The molecule has 3 rings (SSSR count). The first-order valence-corrected chi connectivity index (χ1v) is 9.00. The predicted molar refractivity (Wildman–Crippen MR) is 99.3 cm³/mol. The number of likely N-dealkylation sites (tertiary alicyclic amines) is 1. The maximum atomic E-state index is 12.9. The molecule has 0 spiro atoms. The Kier molecular flexibility index (Phi) is 5.71. The van der Waals surface area contributed by atoms with Crippen LogP contribution in [0.3, 0.4) is 0 Å². The average Bonchev–Trinajstić information content (AvgIpc) is 3.15. The summed E-state index contributed by atoms with van der Waals surface area (Å²) < 4.78 is 38.6. The summed E-state index contributed by atoms with van der Waals surface area (Å²) in [5, 5.41) is 2.48. The maximum absolute atomic E-state index is 12.9. The predicted octanol–water partition coefficient (Wildman–Crippen LogP) is 2.54. The Balaban J connectivity index is 1.94. The van der Waals surface area contributed by atoms with E-state index in [1.807, 2.05) is 0 Å². The minimum Gasteiger partial charge on any atom is -0.368 e. The number of nitrogen functional groups attached to an aromatic ring is 1. The molecule has 0 radical (unpaired) electrons. The number of halogens is 3. The van der Waals surface area contributed by atoms with E-state index in [0.29, 0.717) is 29.8 Å². The van der Waals surface area contributed by atoms with Crippen LogP contribution in [0.5, 0.6) is 0 Å². The molecule has 1 fully saturated rings. The molecule has 7 nitrogen and oxygen atoms in total. The fourth-order valence-electron chi connectivity index (χ4n) is 3.38. The zero-order valence-electron chi connectivity index (χ0n) is 15.7. The summed E-state index contributed by atoms with van der Waals surface area (Å²) in [6.07, 6.45) is -1.63. The lowest BCUT2D eigenvalue weighted by atomic mass is 9.98. The molecule has 1 aromatic heterocycles. The molecule has 2 aromatic rings. The van der Waals surface area contributed by atoms with Crippen molar-refractivity contribution in [1.29, 1.82) is 0 Å². The molecule has 2 heterocycles. The number of carbonyl (C=O) groups excluding carboxylic acids is 2. The van der Waals surface area contributed by atoms with Crippen molar-refractivity contribution < 1.29 is 22.8 Å². The molecule has 1 aromatic carbocycles. The van der Waals surface area contributed by atoms with Crippen molar-refractivity contribution in [2.24, 2.45) is 0 Å². The van der Waals surface area contributed by atoms with Gasteiger partial charge in [0.15, 0.2) is 0 Å². The number of nitrogens with two attached hydrogens (primary N) is 1. The Labute approximate surface area is 165 Å². The summed E-state index contributed by atoms with van der Waals surface area (Å²) in [5.74, 6) is -0.569. The largest absolute Gasteiger partial charge is 0.416 e. The molecule has 3 N–H and O–H groups in total. The lowest BCUT2D eigenvalue weighted by molar-refractivity contribution is -0.137. The van der Waals surface area contributed by atoms with Crippen LogP contribution in [0, 0.1) is 0 Å². The van der Waals surface area contributed by atoms with Crippen LogP contribution in [-0.2, 0) is 15.8 Å². The highest BCUT2D eigenvalue weighted by Gasteiger charge is 2.34. The molecule has 0 bridgehead atoms. The van der Waals surface area contributed by atoms with Crippen LogP contribution in [-0.4, -0.2) is 39.8 Å². The molecule has 0 aliphatic carbocycles. The Morgan fingerprint density at radius 1 is 1.28 bits per heavy atom. The van der Waals surface area contributed by atoms with Crippen LogP contribution in [0.25, 0.3) is 11.1 Å². The summed E-state index contributed by atoms with van der Waals surface area (Å²) in [6.45, 7) is 1.67. The molecule has 2 amide bonds. The van der Waals surface area contributed by atoms with Gasteiger partial charge in [0.1, 0.15) is 0 Å². The second-order valence-electron chi connectivity index (χ2n) is 6.76. The summed E-state index contributed by atoms with van der Waals surface area (Å²) in [7, 11) is 0. The number of carbonyl (C=O) groups is 2. The molecule has 0 unspecified atom stereocenters. The molecule has 154 valence electrons. The van der Waals surface area contributed by atoms with Gasteiger partial charge in [-0.2, -0.15) is 13.2 Å². The molecule has 1 aliphatic rings.